The van der Waals surface area contributed by atoms with Crippen LogP contribution in [0.4, 0.5) is 5.82 Å². The summed E-state index contributed by atoms with van der Waals surface area (Å²) in [5.74, 6) is 0.660. The minimum Gasteiger partial charge on any atom is -0.450 e. The lowest BCUT2D eigenvalue weighted by Gasteiger charge is -2.30. The highest BCUT2D eigenvalue weighted by Crippen LogP contribution is 2.45. The van der Waals surface area contributed by atoms with Crippen LogP contribution in [0.25, 0.3) is 0 Å². The number of hydrogen-bond donors (Lipinski definition) is 1. The van der Waals surface area contributed by atoms with Gasteiger partial charge >= 0.3 is 6.81 Å². The van der Waals surface area contributed by atoms with E-state index in [2.05, 4.69) is 18.8 Å². The zero-order chi connectivity index (χ0) is 18.1. The molecule has 1 N–H and O–H groups in total. The maximum atomic E-state index is 13.2. The van der Waals surface area contributed by atoms with Crippen molar-refractivity contribution in [3.05, 3.63) is 38.7 Å². The van der Waals surface area contributed by atoms with Crippen LogP contribution >= 0.6 is 11.3 Å². The van der Waals surface area contributed by atoms with Crippen LogP contribution in [-0.4, -0.2) is 36.6 Å². The third kappa shape index (κ3) is 2.39. The zero-order valence-electron chi connectivity index (χ0n) is 14.9. The highest BCUT2D eigenvalue weighted by atomic mass is 32.1. The van der Waals surface area contributed by atoms with Crippen molar-refractivity contribution in [3.8, 4) is 0 Å². The molecule has 0 spiro atoms. The van der Waals surface area contributed by atoms with Gasteiger partial charge in [-0.25, -0.2) is 4.98 Å². The smallest absolute Gasteiger partial charge is 0.314 e. The number of rotatable bonds is 1. The minimum absolute atomic E-state index is 0.0356. The zero-order valence-corrected chi connectivity index (χ0v) is 15.7. The largest absolute Gasteiger partial charge is 0.450 e. The number of carbonyl (C=O) groups is 1. The van der Waals surface area contributed by atoms with Crippen molar-refractivity contribution in [1.82, 2.24) is 4.98 Å². The molecule has 26 heavy (non-hydrogen) atoms. The maximum absolute atomic E-state index is 13.2. The van der Waals surface area contributed by atoms with Gasteiger partial charge in [-0.2, -0.15) is 0 Å². The topological polar surface area (TPSA) is 62.7 Å². The summed E-state index contributed by atoms with van der Waals surface area (Å²) in [6.45, 7) is 4.78. The number of thiophene rings is 1. The molecular weight excluding hydrogens is 346 g/mol. The number of carbonyl (C=O) groups excluding carboxylic acids is 1. The van der Waals surface area contributed by atoms with Gasteiger partial charge in [0.05, 0.1) is 11.5 Å². The van der Waals surface area contributed by atoms with E-state index in [0.29, 0.717) is 24.4 Å². The first kappa shape index (κ1) is 16.5. The second-order valence-electron chi connectivity index (χ2n) is 8.13. The van der Waals surface area contributed by atoms with E-state index in [1.54, 1.807) is 28.5 Å². The molecule has 2 aliphatic heterocycles. The summed E-state index contributed by atoms with van der Waals surface area (Å²) in [4.78, 5) is 21.7. The normalized spacial score (nSPS) is 20.5. The first-order chi connectivity index (χ1) is 12.4. The van der Waals surface area contributed by atoms with E-state index >= 15 is 0 Å². The lowest BCUT2D eigenvalue weighted by molar-refractivity contribution is 0.0983. The van der Waals surface area contributed by atoms with E-state index < -0.39 is 6.81 Å². The molecular formula is C18H19B2N2O3S. The lowest BCUT2D eigenvalue weighted by Crippen LogP contribution is -2.47. The molecule has 1 aliphatic carbocycles. The molecule has 0 bridgehead atoms. The van der Waals surface area contributed by atoms with Gasteiger partial charge in [-0.15, -0.1) is 11.3 Å². The third-order valence-corrected chi connectivity index (χ3v) is 6.88. The predicted molar refractivity (Wildman–Crippen MR) is 103 cm³/mol. The standard InChI is InChI=1S/C18H19B2N2O3S/c1-18(2)7-11-10-4-6-22(17(23)15(10)26-14(11)8-18)16-12-9-25-19-20(24)13(12)3-5-21-16/h3,5,24H,4,6-9H2,1-2H3. The Kier molecular flexibility index (Phi) is 3.61. The fourth-order valence-corrected chi connectivity index (χ4v) is 5.99. The maximum Gasteiger partial charge on any atom is 0.314 e. The Morgan fingerprint density at radius 3 is 3.04 bits per heavy atom. The van der Waals surface area contributed by atoms with Crippen molar-refractivity contribution in [2.24, 2.45) is 5.41 Å². The molecule has 131 valence electrons. The van der Waals surface area contributed by atoms with Gasteiger partial charge in [-0.3, -0.25) is 9.69 Å². The predicted octanol–water partition coefficient (Wildman–Crippen LogP) is 1.31. The van der Waals surface area contributed by atoms with Crippen LogP contribution in [0.15, 0.2) is 12.3 Å². The van der Waals surface area contributed by atoms with E-state index in [4.69, 9.17) is 4.65 Å². The molecule has 2 aromatic heterocycles. The fraction of sp³-hybridized carbons (Fsp3) is 0.444. The van der Waals surface area contributed by atoms with E-state index in [9.17, 15) is 9.82 Å². The van der Waals surface area contributed by atoms with E-state index in [-0.39, 0.29) is 5.91 Å². The summed E-state index contributed by atoms with van der Waals surface area (Å²) in [5, 5.41) is 10.1. The summed E-state index contributed by atoms with van der Waals surface area (Å²) < 4.78 is 5.37. The molecule has 0 atom stereocenters. The monoisotopic (exact) mass is 365 g/mol. The van der Waals surface area contributed by atoms with Crippen LogP contribution in [0.3, 0.4) is 0 Å². The molecule has 0 fully saturated rings. The summed E-state index contributed by atoms with van der Waals surface area (Å²) in [6.07, 6.45) is 4.65. The molecule has 0 aromatic carbocycles. The van der Waals surface area contributed by atoms with Gasteiger partial charge < -0.3 is 9.68 Å². The number of hydrogen-bond acceptors (Lipinski definition) is 5. The molecule has 2 aromatic rings. The van der Waals surface area contributed by atoms with E-state index in [1.807, 2.05) is 0 Å². The second-order valence-corrected chi connectivity index (χ2v) is 9.24. The molecule has 1 radical (unpaired) electrons. The van der Waals surface area contributed by atoms with Crippen LogP contribution in [0.1, 0.15) is 45.1 Å². The fourth-order valence-electron chi connectivity index (χ4n) is 4.41. The molecule has 0 unspecified atom stereocenters. The molecule has 0 saturated carbocycles. The number of fused-ring (bicyclic) bond motifs is 4. The van der Waals surface area contributed by atoms with Gasteiger partial charge in [-0.05, 0) is 47.3 Å². The first-order valence-corrected chi connectivity index (χ1v) is 9.82. The average molecular weight is 365 g/mol. The van der Waals surface area contributed by atoms with Crippen molar-refractivity contribution < 1.29 is 14.5 Å². The number of aromatic nitrogens is 1. The summed E-state index contributed by atoms with van der Waals surface area (Å²) >= 11 is 1.67. The van der Waals surface area contributed by atoms with E-state index in [0.717, 1.165) is 35.2 Å². The van der Waals surface area contributed by atoms with Gasteiger partial charge in [0, 0.05) is 23.2 Å². The Hall–Kier alpha value is -1.63. The number of nitrogens with zero attached hydrogens (tertiary/aromatic N) is 2. The Labute approximate surface area is 157 Å². The number of pyridine rings is 1. The Balaban J connectivity index is 1.53. The summed E-state index contributed by atoms with van der Waals surface area (Å²) in [5.41, 5.74) is 4.56. The van der Waals surface area contributed by atoms with E-state index in [1.165, 1.54) is 23.4 Å². The molecule has 4 heterocycles. The first-order valence-electron chi connectivity index (χ1n) is 9.01. The Bertz CT molecular complexity index is 927. The summed E-state index contributed by atoms with van der Waals surface area (Å²) in [7, 11) is 1.42. The van der Waals surface area contributed by atoms with Crippen molar-refractivity contribution in [2.75, 3.05) is 11.4 Å². The molecule has 5 nitrogen and oxygen atoms in total. The van der Waals surface area contributed by atoms with Crippen molar-refractivity contribution in [3.63, 3.8) is 0 Å². The highest BCUT2D eigenvalue weighted by molar-refractivity contribution is 7.14. The van der Waals surface area contributed by atoms with Crippen LogP contribution in [0.2, 0.25) is 0 Å². The quantitative estimate of drug-likeness (QED) is 0.775. The van der Waals surface area contributed by atoms with Gasteiger partial charge in [0.1, 0.15) is 5.82 Å². The number of anilines is 1. The van der Waals surface area contributed by atoms with Crippen molar-refractivity contribution in [1.29, 1.82) is 0 Å². The van der Waals surface area contributed by atoms with Gasteiger partial charge in [0.25, 0.3) is 13.3 Å². The minimum atomic E-state index is -0.774. The number of amides is 1. The lowest BCUT2D eigenvalue weighted by atomic mass is 9.37. The molecule has 0 saturated heterocycles. The van der Waals surface area contributed by atoms with Crippen LogP contribution in [0.5, 0.6) is 0 Å². The summed E-state index contributed by atoms with van der Waals surface area (Å²) in [6, 6.07) is 1.80. The van der Waals surface area contributed by atoms with Crippen LogP contribution in [0, 0.1) is 5.41 Å². The van der Waals surface area contributed by atoms with Gasteiger partial charge in [0.2, 0.25) is 0 Å². The Morgan fingerprint density at radius 1 is 1.35 bits per heavy atom. The molecule has 8 heteroatoms. The van der Waals surface area contributed by atoms with Crippen molar-refractivity contribution >= 4 is 42.7 Å². The van der Waals surface area contributed by atoms with Crippen LogP contribution in [-0.2, 0) is 30.5 Å². The SMILES string of the molecule is CC1(C)Cc2sc3c(c2C1)CCN(c1nccc2c1CO[B]B2O)C3=O. The molecule has 5 rings (SSSR count). The van der Waals surface area contributed by atoms with Gasteiger partial charge in [0.15, 0.2) is 0 Å². The third-order valence-electron chi connectivity index (χ3n) is 5.62. The highest BCUT2D eigenvalue weighted by Gasteiger charge is 2.39. The molecule has 1 amide bonds. The molecule has 3 aliphatic rings. The van der Waals surface area contributed by atoms with Gasteiger partial charge in [-0.1, -0.05) is 13.8 Å². The Morgan fingerprint density at radius 2 is 2.19 bits per heavy atom. The van der Waals surface area contributed by atoms with Crippen molar-refractivity contribution in [2.45, 2.75) is 39.7 Å². The average Bonchev–Trinajstić information content (AvgIpc) is 3.08. The second kappa shape index (κ2) is 5.68. The van der Waals surface area contributed by atoms with Crippen LogP contribution < -0.4 is 10.4 Å².